The molecule has 3 aromatic carbocycles. The summed E-state index contributed by atoms with van der Waals surface area (Å²) in [5.74, 6) is -0.525. The number of halogens is 1. The van der Waals surface area contributed by atoms with E-state index >= 15 is 0 Å². The summed E-state index contributed by atoms with van der Waals surface area (Å²) in [6.07, 6.45) is 0. The molecule has 0 bridgehead atoms. The summed E-state index contributed by atoms with van der Waals surface area (Å²) in [5.41, 5.74) is 2.44. The standard InChI is InChI=1S/C26H22FN3O3S/c27-20-12-10-19(11-13-20)25-18-23(22-8-4-5-9-24(22)28-25)26(31)29-14-16-30(17-15-29)34(32,33)21-6-2-1-3-7-21/h1-13,18H,14-17H2. The molecular weight excluding hydrogens is 453 g/mol. The van der Waals surface area contributed by atoms with Crippen LogP contribution in [0.2, 0.25) is 0 Å². The third-order valence-corrected chi connectivity index (χ3v) is 7.91. The molecule has 0 saturated carbocycles. The largest absolute Gasteiger partial charge is 0.336 e. The van der Waals surface area contributed by atoms with Crippen molar-refractivity contribution >= 4 is 26.8 Å². The highest BCUT2D eigenvalue weighted by Gasteiger charge is 2.31. The van der Waals surface area contributed by atoms with E-state index in [0.29, 0.717) is 22.3 Å². The quantitative estimate of drug-likeness (QED) is 0.444. The molecule has 0 unspecified atom stereocenters. The lowest BCUT2D eigenvalue weighted by Gasteiger charge is -2.34. The molecule has 1 amide bonds. The van der Waals surface area contributed by atoms with Gasteiger partial charge in [0.2, 0.25) is 10.0 Å². The van der Waals surface area contributed by atoms with E-state index in [-0.39, 0.29) is 42.8 Å². The second kappa shape index (κ2) is 8.96. The molecule has 1 aromatic heterocycles. The van der Waals surface area contributed by atoms with Crippen molar-refractivity contribution in [2.45, 2.75) is 4.90 Å². The lowest BCUT2D eigenvalue weighted by molar-refractivity contribution is 0.0700. The van der Waals surface area contributed by atoms with Crippen LogP contribution in [0, 0.1) is 5.82 Å². The molecule has 0 radical (unpaired) electrons. The van der Waals surface area contributed by atoms with Gasteiger partial charge >= 0.3 is 0 Å². The molecule has 172 valence electrons. The van der Waals surface area contributed by atoms with Crippen LogP contribution in [0.1, 0.15) is 10.4 Å². The van der Waals surface area contributed by atoms with Crippen molar-refractivity contribution in [1.82, 2.24) is 14.2 Å². The van der Waals surface area contributed by atoms with Crippen LogP contribution in [-0.2, 0) is 10.0 Å². The van der Waals surface area contributed by atoms with Crippen molar-refractivity contribution < 1.29 is 17.6 Å². The third kappa shape index (κ3) is 4.18. The number of rotatable bonds is 4. The van der Waals surface area contributed by atoms with Crippen LogP contribution in [0.3, 0.4) is 0 Å². The van der Waals surface area contributed by atoms with Crippen LogP contribution in [-0.4, -0.2) is 54.7 Å². The fourth-order valence-electron chi connectivity index (χ4n) is 4.16. The summed E-state index contributed by atoms with van der Waals surface area (Å²) in [6.45, 7) is 1.01. The van der Waals surface area contributed by atoms with Crippen molar-refractivity contribution in [3.8, 4) is 11.3 Å². The first-order chi connectivity index (χ1) is 16.4. The lowest BCUT2D eigenvalue weighted by Crippen LogP contribution is -2.50. The van der Waals surface area contributed by atoms with Crippen LogP contribution in [0.4, 0.5) is 4.39 Å². The highest BCUT2D eigenvalue weighted by atomic mass is 32.2. The van der Waals surface area contributed by atoms with E-state index < -0.39 is 10.0 Å². The van der Waals surface area contributed by atoms with Crippen molar-refractivity contribution in [3.05, 3.63) is 96.3 Å². The number of fused-ring (bicyclic) bond motifs is 1. The fourth-order valence-corrected chi connectivity index (χ4v) is 5.61. The summed E-state index contributed by atoms with van der Waals surface area (Å²) in [7, 11) is -3.60. The molecular formula is C26H22FN3O3S. The van der Waals surface area contributed by atoms with E-state index in [4.69, 9.17) is 0 Å². The van der Waals surface area contributed by atoms with Crippen LogP contribution >= 0.6 is 0 Å². The van der Waals surface area contributed by atoms with Gasteiger partial charge in [-0.2, -0.15) is 4.31 Å². The zero-order chi connectivity index (χ0) is 23.7. The smallest absolute Gasteiger partial charge is 0.254 e. The van der Waals surface area contributed by atoms with E-state index in [2.05, 4.69) is 4.98 Å². The van der Waals surface area contributed by atoms with E-state index in [1.165, 1.54) is 16.4 Å². The molecule has 34 heavy (non-hydrogen) atoms. The molecule has 1 aliphatic heterocycles. The van der Waals surface area contributed by atoms with Gasteiger partial charge in [-0.15, -0.1) is 0 Å². The minimum Gasteiger partial charge on any atom is -0.336 e. The van der Waals surface area contributed by atoms with Gasteiger partial charge in [0.25, 0.3) is 5.91 Å². The van der Waals surface area contributed by atoms with Gasteiger partial charge < -0.3 is 4.90 Å². The number of aromatic nitrogens is 1. The molecule has 5 rings (SSSR count). The van der Waals surface area contributed by atoms with Crippen molar-refractivity contribution in [2.24, 2.45) is 0 Å². The lowest BCUT2D eigenvalue weighted by atomic mass is 10.0. The topological polar surface area (TPSA) is 70.6 Å². The Bertz CT molecular complexity index is 1450. The maximum absolute atomic E-state index is 13.5. The second-order valence-electron chi connectivity index (χ2n) is 8.09. The predicted octanol–water partition coefficient (Wildman–Crippen LogP) is 4.19. The Morgan fingerprint density at radius 2 is 1.47 bits per heavy atom. The van der Waals surface area contributed by atoms with Crippen LogP contribution in [0.5, 0.6) is 0 Å². The van der Waals surface area contributed by atoms with Gasteiger partial charge in [0, 0.05) is 37.1 Å². The molecule has 2 heterocycles. The van der Waals surface area contributed by atoms with E-state index in [0.717, 1.165) is 5.39 Å². The Labute approximate surface area is 197 Å². The normalized spacial score (nSPS) is 14.9. The number of carbonyl (C=O) groups excluding carboxylic acids is 1. The van der Waals surface area contributed by atoms with Crippen molar-refractivity contribution in [3.63, 3.8) is 0 Å². The minimum atomic E-state index is -3.60. The molecule has 4 aromatic rings. The average molecular weight is 476 g/mol. The Balaban J connectivity index is 1.42. The number of nitrogens with zero attached hydrogens (tertiary/aromatic N) is 3. The highest BCUT2D eigenvalue weighted by molar-refractivity contribution is 7.89. The molecule has 0 N–H and O–H groups in total. The van der Waals surface area contributed by atoms with Gasteiger partial charge in [-0.3, -0.25) is 4.79 Å². The van der Waals surface area contributed by atoms with Gasteiger partial charge in [-0.25, -0.2) is 17.8 Å². The van der Waals surface area contributed by atoms with E-state index in [1.807, 2.05) is 24.3 Å². The Morgan fingerprint density at radius 1 is 0.824 bits per heavy atom. The number of piperazine rings is 1. The van der Waals surface area contributed by atoms with Crippen LogP contribution in [0.25, 0.3) is 22.2 Å². The minimum absolute atomic E-state index is 0.182. The van der Waals surface area contributed by atoms with E-state index in [9.17, 15) is 17.6 Å². The number of amides is 1. The summed E-state index contributed by atoms with van der Waals surface area (Å²) in [5, 5.41) is 0.720. The zero-order valence-corrected chi connectivity index (χ0v) is 19.1. The first-order valence-electron chi connectivity index (χ1n) is 10.9. The molecule has 0 aliphatic carbocycles. The summed E-state index contributed by atoms with van der Waals surface area (Å²) in [6, 6.07) is 23.4. The number of para-hydroxylation sites is 1. The summed E-state index contributed by atoms with van der Waals surface area (Å²) < 4.78 is 40.7. The fraction of sp³-hybridized carbons (Fsp3) is 0.154. The molecule has 6 nitrogen and oxygen atoms in total. The number of hydrogen-bond acceptors (Lipinski definition) is 4. The highest BCUT2D eigenvalue weighted by Crippen LogP contribution is 2.27. The molecule has 1 aliphatic rings. The number of pyridine rings is 1. The van der Waals surface area contributed by atoms with Crippen LogP contribution in [0.15, 0.2) is 89.8 Å². The SMILES string of the molecule is O=C(c1cc(-c2ccc(F)cc2)nc2ccccc12)N1CCN(S(=O)(=O)c2ccccc2)CC1. The molecule has 8 heteroatoms. The van der Waals surface area contributed by atoms with Gasteiger partial charge in [0.15, 0.2) is 0 Å². The van der Waals surface area contributed by atoms with Gasteiger partial charge in [0.1, 0.15) is 5.82 Å². The Hall–Kier alpha value is -3.62. The molecule has 0 spiro atoms. The number of sulfonamides is 1. The number of hydrogen-bond donors (Lipinski definition) is 0. The third-order valence-electron chi connectivity index (χ3n) is 5.99. The molecule has 1 fully saturated rings. The van der Waals surface area contributed by atoms with Gasteiger partial charge in [0.05, 0.1) is 21.7 Å². The van der Waals surface area contributed by atoms with Gasteiger partial charge in [-0.05, 0) is 48.5 Å². The predicted molar refractivity (Wildman–Crippen MR) is 128 cm³/mol. The van der Waals surface area contributed by atoms with Gasteiger partial charge in [-0.1, -0.05) is 36.4 Å². The first kappa shape index (κ1) is 22.2. The zero-order valence-electron chi connectivity index (χ0n) is 18.3. The Morgan fingerprint density at radius 3 is 2.18 bits per heavy atom. The molecule has 0 atom stereocenters. The van der Waals surface area contributed by atoms with Crippen molar-refractivity contribution in [1.29, 1.82) is 0 Å². The number of benzene rings is 3. The van der Waals surface area contributed by atoms with E-state index in [1.54, 1.807) is 53.4 Å². The first-order valence-corrected chi connectivity index (χ1v) is 12.4. The Kier molecular flexibility index (Phi) is 5.85. The van der Waals surface area contributed by atoms with Crippen molar-refractivity contribution in [2.75, 3.05) is 26.2 Å². The van der Waals surface area contributed by atoms with Crippen LogP contribution < -0.4 is 0 Å². The summed E-state index contributed by atoms with van der Waals surface area (Å²) in [4.78, 5) is 20.1. The monoisotopic (exact) mass is 475 g/mol. The average Bonchev–Trinajstić information content (AvgIpc) is 2.88. The maximum atomic E-state index is 13.5. The second-order valence-corrected chi connectivity index (χ2v) is 10.0. The maximum Gasteiger partial charge on any atom is 0.254 e. The number of carbonyl (C=O) groups is 1. The summed E-state index contributed by atoms with van der Waals surface area (Å²) >= 11 is 0. The molecule has 1 saturated heterocycles.